The fourth-order valence-corrected chi connectivity index (χ4v) is 5.09. The van der Waals surface area contributed by atoms with Crippen LogP contribution < -0.4 is 15.6 Å². The largest absolute Gasteiger partial charge is 0.494 e. The van der Waals surface area contributed by atoms with Crippen LogP contribution in [0.1, 0.15) is 54.6 Å². The minimum atomic E-state index is -0.104. The lowest BCUT2D eigenvalue weighted by Crippen LogP contribution is -2.27. The fraction of sp³-hybridized carbons (Fsp3) is 0.409. The van der Waals surface area contributed by atoms with E-state index in [0.29, 0.717) is 18.9 Å². The van der Waals surface area contributed by atoms with Crippen LogP contribution in [0.25, 0.3) is 10.2 Å². The van der Waals surface area contributed by atoms with E-state index in [1.54, 1.807) is 11.3 Å². The second-order valence-corrected chi connectivity index (χ2v) is 8.42. The van der Waals surface area contributed by atoms with Gasteiger partial charge in [0, 0.05) is 17.7 Å². The third-order valence-electron chi connectivity index (χ3n) is 5.28. The van der Waals surface area contributed by atoms with Crippen molar-refractivity contribution in [2.75, 3.05) is 6.61 Å². The van der Waals surface area contributed by atoms with Crippen molar-refractivity contribution in [3.63, 3.8) is 0 Å². The molecule has 0 bridgehead atoms. The van der Waals surface area contributed by atoms with Crippen LogP contribution in [0.15, 0.2) is 29.1 Å². The number of ether oxygens (including phenoxy) is 1. The molecule has 6 nitrogen and oxygen atoms in total. The summed E-state index contributed by atoms with van der Waals surface area (Å²) >= 11 is 1.62. The molecule has 1 aliphatic rings. The second-order valence-electron chi connectivity index (χ2n) is 7.34. The number of benzene rings is 1. The van der Waals surface area contributed by atoms with E-state index in [-0.39, 0.29) is 23.9 Å². The number of aromatic nitrogens is 2. The number of H-pyrrole nitrogens is 1. The molecule has 0 aliphatic heterocycles. The van der Waals surface area contributed by atoms with E-state index in [4.69, 9.17) is 4.74 Å². The number of hydrogen-bond donors (Lipinski definition) is 2. The zero-order valence-corrected chi connectivity index (χ0v) is 17.5. The van der Waals surface area contributed by atoms with E-state index < -0.39 is 0 Å². The first-order chi connectivity index (χ1) is 14.0. The maximum atomic E-state index is 12.5. The first-order valence-electron chi connectivity index (χ1n) is 10.1. The summed E-state index contributed by atoms with van der Waals surface area (Å²) in [5, 5.41) is 3.75. The van der Waals surface area contributed by atoms with Crippen molar-refractivity contribution >= 4 is 27.5 Å². The predicted molar refractivity (Wildman–Crippen MR) is 115 cm³/mol. The summed E-state index contributed by atoms with van der Waals surface area (Å²) in [7, 11) is 0. The zero-order valence-electron chi connectivity index (χ0n) is 16.7. The Morgan fingerprint density at radius 2 is 2.10 bits per heavy atom. The molecule has 7 heteroatoms. The summed E-state index contributed by atoms with van der Waals surface area (Å²) in [4.78, 5) is 34.4. The number of carbonyl (C=O) groups excluding carboxylic acids is 1. The van der Waals surface area contributed by atoms with Crippen molar-refractivity contribution in [1.82, 2.24) is 15.3 Å². The van der Waals surface area contributed by atoms with E-state index in [0.717, 1.165) is 40.8 Å². The van der Waals surface area contributed by atoms with Crippen LogP contribution in [-0.4, -0.2) is 22.5 Å². The van der Waals surface area contributed by atoms with Gasteiger partial charge in [0.15, 0.2) is 0 Å². The standard InChI is InChI=1S/C22H25N3O3S/c1-3-28-15-9-7-14(8-10-15)13(2)23-19(26)12-11-18-24-21(27)20-16-5-4-6-17(16)29-22(20)25-18/h7-10,13H,3-6,11-12H2,1-2H3,(H,23,26)(H,24,25,27). The quantitative estimate of drug-likeness (QED) is 0.621. The van der Waals surface area contributed by atoms with Crippen LogP contribution >= 0.6 is 11.3 Å². The maximum absolute atomic E-state index is 12.5. The Kier molecular flexibility index (Phi) is 5.67. The molecule has 0 fully saturated rings. The highest BCUT2D eigenvalue weighted by Crippen LogP contribution is 2.34. The third-order valence-corrected chi connectivity index (χ3v) is 6.47. The molecule has 0 saturated carbocycles. The van der Waals surface area contributed by atoms with Crippen molar-refractivity contribution in [2.45, 2.75) is 52.0 Å². The fourth-order valence-electron chi connectivity index (χ4n) is 3.81. The molecule has 0 radical (unpaired) electrons. The van der Waals surface area contributed by atoms with Gasteiger partial charge in [0.25, 0.3) is 5.56 Å². The van der Waals surface area contributed by atoms with Gasteiger partial charge in [0.1, 0.15) is 16.4 Å². The SMILES string of the molecule is CCOc1ccc(C(C)NC(=O)CCc2nc3sc4c(c3c(=O)[nH]2)CCC4)cc1. The minimum Gasteiger partial charge on any atom is -0.494 e. The highest BCUT2D eigenvalue weighted by molar-refractivity contribution is 7.18. The number of aryl methyl sites for hydroxylation is 3. The van der Waals surface area contributed by atoms with Crippen LogP contribution in [0.4, 0.5) is 0 Å². The van der Waals surface area contributed by atoms with Gasteiger partial charge in [-0.2, -0.15) is 0 Å². The molecule has 152 valence electrons. The van der Waals surface area contributed by atoms with Crippen LogP contribution in [0.5, 0.6) is 5.75 Å². The van der Waals surface area contributed by atoms with Crippen LogP contribution in [0.2, 0.25) is 0 Å². The lowest BCUT2D eigenvalue weighted by Gasteiger charge is -2.15. The molecule has 1 aliphatic carbocycles. The Bertz CT molecular complexity index is 1090. The van der Waals surface area contributed by atoms with Crippen molar-refractivity contribution in [2.24, 2.45) is 0 Å². The summed E-state index contributed by atoms with van der Waals surface area (Å²) in [6.45, 7) is 4.52. The van der Waals surface area contributed by atoms with E-state index in [2.05, 4.69) is 15.3 Å². The van der Waals surface area contributed by atoms with Crippen molar-refractivity contribution in [3.05, 3.63) is 56.4 Å². The molecule has 1 atom stereocenters. The van der Waals surface area contributed by atoms with Crippen molar-refractivity contribution < 1.29 is 9.53 Å². The van der Waals surface area contributed by atoms with Crippen LogP contribution in [-0.2, 0) is 24.1 Å². The average molecular weight is 412 g/mol. The molecule has 3 aromatic rings. The summed E-state index contributed by atoms with van der Waals surface area (Å²) in [6.07, 6.45) is 3.81. The van der Waals surface area contributed by atoms with Crippen molar-refractivity contribution in [3.8, 4) is 5.75 Å². The van der Waals surface area contributed by atoms with E-state index >= 15 is 0 Å². The number of thiophene rings is 1. The van der Waals surface area contributed by atoms with Gasteiger partial charge in [-0.25, -0.2) is 4.98 Å². The normalized spacial score (nSPS) is 14.0. The number of rotatable bonds is 7. The first kappa shape index (κ1) is 19.6. The van der Waals surface area contributed by atoms with Gasteiger partial charge in [-0.05, 0) is 56.4 Å². The Morgan fingerprint density at radius 1 is 1.31 bits per heavy atom. The van der Waals surface area contributed by atoms with Gasteiger partial charge < -0.3 is 15.0 Å². The molecule has 1 amide bonds. The number of nitrogens with zero attached hydrogens (tertiary/aromatic N) is 1. The zero-order chi connectivity index (χ0) is 20.4. The predicted octanol–water partition coefficient (Wildman–Crippen LogP) is 3.68. The summed E-state index contributed by atoms with van der Waals surface area (Å²) < 4.78 is 5.45. The number of carbonyl (C=O) groups is 1. The molecular formula is C22H25N3O3S. The number of hydrogen-bond acceptors (Lipinski definition) is 5. The molecule has 0 saturated heterocycles. The summed E-state index contributed by atoms with van der Waals surface area (Å²) in [5.41, 5.74) is 2.11. The highest BCUT2D eigenvalue weighted by atomic mass is 32.1. The van der Waals surface area contributed by atoms with Gasteiger partial charge in [-0.3, -0.25) is 9.59 Å². The number of amides is 1. The minimum absolute atomic E-state index is 0.0668. The molecule has 0 spiro atoms. The summed E-state index contributed by atoms with van der Waals surface area (Å²) in [5.74, 6) is 1.33. The van der Waals surface area contributed by atoms with Crippen LogP contribution in [0.3, 0.4) is 0 Å². The molecule has 2 N–H and O–H groups in total. The Balaban J connectivity index is 1.37. The summed E-state index contributed by atoms with van der Waals surface area (Å²) in [6, 6.07) is 7.62. The first-order valence-corrected chi connectivity index (χ1v) is 10.9. The van der Waals surface area contributed by atoms with Gasteiger partial charge in [-0.15, -0.1) is 11.3 Å². The molecular weight excluding hydrogens is 386 g/mol. The molecule has 1 aromatic carbocycles. The third kappa shape index (κ3) is 4.19. The van der Waals surface area contributed by atoms with Gasteiger partial charge in [0.2, 0.25) is 5.91 Å². The van der Waals surface area contributed by atoms with Gasteiger partial charge in [0.05, 0.1) is 18.0 Å². The number of nitrogens with one attached hydrogen (secondary N) is 2. The van der Waals surface area contributed by atoms with E-state index in [9.17, 15) is 9.59 Å². The Morgan fingerprint density at radius 3 is 2.86 bits per heavy atom. The number of fused-ring (bicyclic) bond motifs is 3. The average Bonchev–Trinajstić information content (AvgIpc) is 3.28. The highest BCUT2D eigenvalue weighted by Gasteiger charge is 2.21. The van der Waals surface area contributed by atoms with Crippen LogP contribution in [0, 0.1) is 0 Å². The second kappa shape index (κ2) is 8.37. The smallest absolute Gasteiger partial charge is 0.259 e. The molecule has 29 heavy (non-hydrogen) atoms. The van der Waals surface area contributed by atoms with E-state index in [1.807, 2.05) is 38.1 Å². The maximum Gasteiger partial charge on any atom is 0.259 e. The lowest BCUT2D eigenvalue weighted by atomic mass is 10.1. The molecule has 4 rings (SSSR count). The topological polar surface area (TPSA) is 84.1 Å². The monoisotopic (exact) mass is 411 g/mol. The van der Waals surface area contributed by atoms with E-state index in [1.165, 1.54) is 10.4 Å². The Labute approximate surface area is 173 Å². The molecule has 1 unspecified atom stereocenters. The van der Waals surface area contributed by atoms with Crippen molar-refractivity contribution in [1.29, 1.82) is 0 Å². The molecule has 2 heterocycles. The lowest BCUT2D eigenvalue weighted by molar-refractivity contribution is -0.121. The van der Waals surface area contributed by atoms with Gasteiger partial charge in [-0.1, -0.05) is 12.1 Å². The number of aromatic amines is 1. The molecule has 2 aromatic heterocycles. The Hall–Kier alpha value is -2.67. The van der Waals surface area contributed by atoms with Gasteiger partial charge >= 0.3 is 0 Å².